The molecule has 1 aliphatic heterocycles. The predicted octanol–water partition coefficient (Wildman–Crippen LogP) is -0.302. The summed E-state index contributed by atoms with van der Waals surface area (Å²) >= 11 is 0. The van der Waals surface area contributed by atoms with Crippen molar-refractivity contribution in [1.82, 2.24) is 10.2 Å². The van der Waals surface area contributed by atoms with Gasteiger partial charge in [0.05, 0.1) is 13.2 Å². The Bertz CT molecular complexity index is 196. The molecule has 0 bridgehead atoms. The molecule has 1 amide bonds. The topological polar surface area (TPSA) is 41.6 Å². The number of carbonyl (C=O) groups excluding carboxylic acids is 1. The van der Waals surface area contributed by atoms with Crippen LogP contribution < -0.4 is 5.32 Å². The zero-order valence-corrected chi connectivity index (χ0v) is 8.00. The van der Waals surface area contributed by atoms with Gasteiger partial charge in [0.15, 0.2) is 0 Å². The maximum absolute atomic E-state index is 12.0. The van der Waals surface area contributed by atoms with E-state index in [9.17, 15) is 13.6 Å². The van der Waals surface area contributed by atoms with E-state index in [-0.39, 0.29) is 0 Å². The zero-order chi connectivity index (χ0) is 10.6. The van der Waals surface area contributed by atoms with E-state index in [4.69, 9.17) is 4.74 Å². The molecular formula is C8H14F2N2O2. The number of halogens is 2. The monoisotopic (exact) mass is 208 g/mol. The average molecular weight is 208 g/mol. The fourth-order valence-electron chi connectivity index (χ4n) is 1.27. The maximum Gasteiger partial charge on any atom is 0.255 e. The van der Waals surface area contributed by atoms with Gasteiger partial charge >= 0.3 is 0 Å². The highest BCUT2D eigenvalue weighted by atomic mass is 19.3. The van der Waals surface area contributed by atoms with Crippen LogP contribution >= 0.6 is 0 Å². The number of morpholine rings is 1. The molecule has 1 fully saturated rings. The SMILES string of the molecule is CN(CC(F)F)C(=O)[C@H]1CNCCO1. The van der Waals surface area contributed by atoms with Crippen molar-refractivity contribution in [2.45, 2.75) is 12.5 Å². The molecule has 6 heteroatoms. The van der Waals surface area contributed by atoms with Crippen molar-refractivity contribution in [3.05, 3.63) is 0 Å². The standard InChI is InChI=1S/C8H14F2N2O2/c1-12(5-7(9)10)8(13)6-4-11-2-3-14-6/h6-7,11H,2-5H2,1H3/t6-/m1/s1. The summed E-state index contributed by atoms with van der Waals surface area (Å²) in [5, 5.41) is 2.96. The normalized spacial score (nSPS) is 22.4. The van der Waals surface area contributed by atoms with Crippen molar-refractivity contribution in [3.63, 3.8) is 0 Å². The molecule has 0 aromatic heterocycles. The molecule has 4 nitrogen and oxygen atoms in total. The number of carbonyl (C=O) groups is 1. The summed E-state index contributed by atoms with van der Waals surface area (Å²) in [4.78, 5) is 12.5. The summed E-state index contributed by atoms with van der Waals surface area (Å²) in [6.45, 7) is 0.992. The lowest BCUT2D eigenvalue weighted by Crippen LogP contribution is -2.49. The van der Waals surface area contributed by atoms with Crippen LogP contribution in [0.5, 0.6) is 0 Å². The fraction of sp³-hybridized carbons (Fsp3) is 0.875. The van der Waals surface area contributed by atoms with Crippen LogP contribution in [-0.2, 0) is 9.53 Å². The van der Waals surface area contributed by atoms with Crippen LogP contribution in [0.3, 0.4) is 0 Å². The van der Waals surface area contributed by atoms with Crippen LogP contribution in [0.2, 0.25) is 0 Å². The summed E-state index contributed by atoms with van der Waals surface area (Å²) in [5.74, 6) is -0.391. The van der Waals surface area contributed by atoms with Gasteiger partial charge in [-0.15, -0.1) is 0 Å². The zero-order valence-electron chi connectivity index (χ0n) is 8.00. The van der Waals surface area contributed by atoms with Gasteiger partial charge in [0.1, 0.15) is 6.10 Å². The average Bonchev–Trinajstić information content (AvgIpc) is 2.17. The quantitative estimate of drug-likeness (QED) is 0.692. The molecule has 0 spiro atoms. The van der Waals surface area contributed by atoms with Gasteiger partial charge in [0, 0.05) is 20.1 Å². The summed E-state index contributed by atoms with van der Waals surface area (Å²) < 4.78 is 29.1. The Hall–Kier alpha value is -0.750. The van der Waals surface area contributed by atoms with Crippen molar-refractivity contribution in [2.75, 3.05) is 33.3 Å². The summed E-state index contributed by atoms with van der Waals surface area (Å²) in [7, 11) is 1.35. The third-order valence-electron chi connectivity index (χ3n) is 1.99. The van der Waals surface area contributed by atoms with Crippen LogP contribution in [0.4, 0.5) is 8.78 Å². The minimum Gasteiger partial charge on any atom is -0.366 e. The molecule has 0 aliphatic carbocycles. The molecule has 0 aromatic rings. The lowest BCUT2D eigenvalue weighted by molar-refractivity contribution is -0.145. The van der Waals surface area contributed by atoms with Gasteiger partial charge in [-0.2, -0.15) is 0 Å². The largest absolute Gasteiger partial charge is 0.366 e. The lowest BCUT2D eigenvalue weighted by atomic mass is 10.2. The van der Waals surface area contributed by atoms with Gasteiger partial charge in [-0.3, -0.25) is 4.79 Å². The number of amides is 1. The number of hydrogen-bond donors (Lipinski definition) is 1. The fourth-order valence-corrected chi connectivity index (χ4v) is 1.27. The van der Waals surface area contributed by atoms with E-state index in [0.717, 1.165) is 4.90 Å². The van der Waals surface area contributed by atoms with Crippen LogP contribution in [0.1, 0.15) is 0 Å². The number of nitrogens with one attached hydrogen (secondary N) is 1. The van der Waals surface area contributed by atoms with Gasteiger partial charge in [-0.25, -0.2) is 8.78 Å². The number of alkyl halides is 2. The highest BCUT2D eigenvalue weighted by molar-refractivity contribution is 5.81. The summed E-state index contributed by atoms with van der Waals surface area (Å²) in [5.41, 5.74) is 0. The Kier molecular flexibility index (Phi) is 4.21. The van der Waals surface area contributed by atoms with E-state index in [1.54, 1.807) is 0 Å². The van der Waals surface area contributed by atoms with Crippen molar-refractivity contribution < 1.29 is 18.3 Å². The number of rotatable bonds is 3. The molecule has 0 aromatic carbocycles. The highest BCUT2D eigenvalue weighted by Gasteiger charge is 2.25. The van der Waals surface area contributed by atoms with Crippen molar-refractivity contribution in [3.8, 4) is 0 Å². The molecular weight excluding hydrogens is 194 g/mol. The second kappa shape index (κ2) is 5.21. The van der Waals surface area contributed by atoms with Crippen molar-refractivity contribution in [1.29, 1.82) is 0 Å². The number of ether oxygens (including phenoxy) is 1. The Morgan fingerprint density at radius 2 is 2.43 bits per heavy atom. The molecule has 1 heterocycles. The molecule has 1 N–H and O–H groups in total. The van der Waals surface area contributed by atoms with Crippen LogP contribution in [0.25, 0.3) is 0 Å². The third-order valence-corrected chi connectivity index (χ3v) is 1.99. The van der Waals surface area contributed by atoms with E-state index < -0.39 is 25.0 Å². The second-order valence-electron chi connectivity index (χ2n) is 3.17. The van der Waals surface area contributed by atoms with Crippen molar-refractivity contribution in [2.24, 2.45) is 0 Å². The predicted molar refractivity (Wildman–Crippen MR) is 46.3 cm³/mol. The number of likely N-dealkylation sites (N-methyl/N-ethyl adjacent to an activating group) is 1. The van der Waals surface area contributed by atoms with Crippen LogP contribution in [0.15, 0.2) is 0 Å². The lowest BCUT2D eigenvalue weighted by Gasteiger charge is -2.27. The second-order valence-corrected chi connectivity index (χ2v) is 3.17. The van der Waals surface area contributed by atoms with E-state index in [0.29, 0.717) is 19.7 Å². The van der Waals surface area contributed by atoms with Gasteiger partial charge in [0.25, 0.3) is 12.3 Å². The molecule has 1 atom stereocenters. The molecule has 0 saturated carbocycles. The van der Waals surface area contributed by atoms with Crippen molar-refractivity contribution >= 4 is 5.91 Å². The Morgan fingerprint density at radius 3 is 2.93 bits per heavy atom. The van der Waals surface area contributed by atoms with E-state index in [2.05, 4.69) is 5.32 Å². The Balaban J connectivity index is 2.38. The first kappa shape index (κ1) is 11.3. The molecule has 82 valence electrons. The highest BCUT2D eigenvalue weighted by Crippen LogP contribution is 2.03. The molecule has 1 rings (SSSR count). The first-order chi connectivity index (χ1) is 6.61. The van der Waals surface area contributed by atoms with Gasteiger partial charge in [0.2, 0.25) is 0 Å². The first-order valence-electron chi connectivity index (χ1n) is 4.46. The van der Waals surface area contributed by atoms with Crippen LogP contribution in [-0.4, -0.2) is 56.6 Å². The number of nitrogens with zero attached hydrogens (tertiary/aromatic N) is 1. The molecule has 0 radical (unpaired) electrons. The smallest absolute Gasteiger partial charge is 0.255 e. The molecule has 0 unspecified atom stereocenters. The maximum atomic E-state index is 12.0. The van der Waals surface area contributed by atoms with E-state index in [1.807, 2.05) is 0 Å². The Morgan fingerprint density at radius 1 is 1.71 bits per heavy atom. The van der Waals surface area contributed by atoms with Gasteiger partial charge in [-0.1, -0.05) is 0 Å². The molecule has 1 aliphatic rings. The molecule has 14 heavy (non-hydrogen) atoms. The van der Waals surface area contributed by atoms with E-state index in [1.165, 1.54) is 7.05 Å². The molecule has 1 saturated heterocycles. The minimum absolute atomic E-state index is 0.391. The van der Waals surface area contributed by atoms with Gasteiger partial charge < -0.3 is 15.0 Å². The first-order valence-corrected chi connectivity index (χ1v) is 4.46. The third kappa shape index (κ3) is 3.19. The minimum atomic E-state index is -2.50. The number of hydrogen-bond acceptors (Lipinski definition) is 3. The van der Waals surface area contributed by atoms with Gasteiger partial charge in [-0.05, 0) is 0 Å². The summed E-state index contributed by atoms with van der Waals surface area (Å²) in [6.07, 6.45) is -3.12. The summed E-state index contributed by atoms with van der Waals surface area (Å²) in [6, 6.07) is 0. The Labute approximate surface area is 81.2 Å². The van der Waals surface area contributed by atoms with E-state index >= 15 is 0 Å². The van der Waals surface area contributed by atoms with Crippen LogP contribution in [0, 0.1) is 0 Å².